The van der Waals surface area contributed by atoms with Gasteiger partial charge in [-0.2, -0.15) is 8.78 Å². The summed E-state index contributed by atoms with van der Waals surface area (Å²) >= 11 is 6.66. The Morgan fingerprint density at radius 2 is 1.97 bits per heavy atom. The third kappa shape index (κ3) is 4.91. The summed E-state index contributed by atoms with van der Waals surface area (Å²) in [5.74, 6) is -1.31. The van der Waals surface area contributed by atoms with Crippen molar-refractivity contribution < 1.29 is 32.2 Å². The molecule has 0 aliphatic carbocycles. The van der Waals surface area contributed by atoms with E-state index in [1.807, 2.05) is 0 Å². The van der Waals surface area contributed by atoms with Crippen LogP contribution in [0.3, 0.4) is 0 Å². The Labute approximate surface area is 179 Å². The summed E-state index contributed by atoms with van der Waals surface area (Å²) in [5.41, 5.74) is 0.476. The van der Waals surface area contributed by atoms with Crippen LogP contribution in [0.2, 0.25) is 5.02 Å². The van der Waals surface area contributed by atoms with Crippen molar-refractivity contribution in [3.05, 3.63) is 63.3 Å². The first kappa shape index (κ1) is 22.0. The van der Waals surface area contributed by atoms with E-state index < -0.39 is 23.6 Å². The van der Waals surface area contributed by atoms with Crippen molar-refractivity contribution in [1.29, 1.82) is 0 Å². The lowest BCUT2D eigenvalue weighted by molar-refractivity contribution is -0.123. The van der Waals surface area contributed by atoms with E-state index in [4.69, 9.17) is 16.3 Å². The Balaban J connectivity index is 1.85. The number of carbonyl (C=O) groups is 2. The molecule has 5 nitrogen and oxygen atoms in total. The second kappa shape index (κ2) is 9.44. The standard InChI is InChI=1S/C20H15ClF3NO4S/c1-2-28-16-8-11(6-7-15(16)29-19(23)24)9-17-18(26)25(20(27)30-17)10-12-13(21)4-3-5-14(12)22/h3-9,19H,2,10H2,1H3/b17-9-. The summed E-state index contributed by atoms with van der Waals surface area (Å²) in [6, 6.07) is 8.23. The Bertz CT molecular complexity index is 995. The number of imide groups is 1. The Hall–Kier alpha value is -2.65. The second-order valence-corrected chi connectivity index (χ2v) is 7.39. The molecule has 0 unspecified atom stereocenters. The largest absolute Gasteiger partial charge is 0.490 e. The molecule has 0 N–H and O–H groups in total. The van der Waals surface area contributed by atoms with E-state index in [-0.39, 0.29) is 40.1 Å². The molecule has 10 heteroatoms. The number of alkyl halides is 2. The Morgan fingerprint density at radius 3 is 2.63 bits per heavy atom. The SMILES string of the molecule is CCOc1cc(/C=C2\SC(=O)N(Cc3c(F)cccc3Cl)C2=O)ccc1OC(F)F. The highest BCUT2D eigenvalue weighted by Crippen LogP contribution is 2.36. The van der Waals surface area contributed by atoms with Crippen LogP contribution in [-0.2, 0) is 11.3 Å². The van der Waals surface area contributed by atoms with Crippen molar-refractivity contribution in [2.75, 3.05) is 6.61 Å². The number of benzene rings is 2. The molecule has 0 atom stereocenters. The predicted molar refractivity (Wildman–Crippen MR) is 107 cm³/mol. The van der Waals surface area contributed by atoms with Crippen LogP contribution in [0.15, 0.2) is 41.3 Å². The van der Waals surface area contributed by atoms with Gasteiger partial charge in [0.25, 0.3) is 11.1 Å². The van der Waals surface area contributed by atoms with Gasteiger partial charge in [-0.3, -0.25) is 14.5 Å². The molecule has 1 saturated heterocycles. The molecule has 0 radical (unpaired) electrons. The highest BCUT2D eigenvalue weighted by molar-refractivity contribution is 8.18. The molecule has 2 aromatic carbocycles. The number of ether oxygens (including phenoxy) is 2. The van der Waals surface area contributed by atoms with E-state index in [1.54, 1.807) is 6.92 Å². The summed E-state index contributed by atoms with van der Waals surface area (Å²) in [7, 11) is 0. The van der Waals surface area contributed by atoms with Gasteiger partial charge in [-0.05, 0) is 54.6 Å². The number of thioether (sulfide) groups is 1. The summed E-state index contributed by atoms with van der Waals surface area (Å²) in [6.07, 6.45) is 1.42. The predicted octanol–water partition coefficient (Wildman–Crippen LogP) is 5.72. The van der Waals surface area contributed by atoms with E-state index in [1.165, 1.54) is 42.5 Å². The molecule has 30 heavy (non-hydrogen) atoms. The molecular formula is C20H15ClF3NO4S. The van der Waals surface area contributed by atoms with E-state index >= 15 is 0 Å². The van der Waals surface area contributed by atoms with Gasteiger partial charge in [0.05, 0.1) is 18.1 Å². The van der Waals surface area contributed by atoms with Crippen LogP contribution in [0, 0.1) is 5.82 Å². The molecule has 1 fully saturated rings. The number of nitrogens with zero attached hydrogens (tertiary/aromatic N) is 1. The molecule has 1 heterocycles. The minimum absolute atomic E-state index is 0.0369. The second-order valence-electron chi connectivity index (χ2n) is 5.99. The number of halogens is 4. The first-order chi connectivity index (χ1) is 14.3. The number of amides is 2. The maximum Gasteiger partial charge on any atom is 0.387 e. The summed E-state index contributed by atoms with van der Waals surface area (Å²) in [5, 5.41) is -0.470. The van der Waals surface area contributed by atoms with Gasteiger partial charge < -0.3 is 9.47 Å². The van der Waals surface area contributed by atoms with Crippen LogP contribution in [0.4, 0.5) is 18.0 Å². The minimum atomic E-state index is -3.02. The molecule has 0 aromatic heterocycles. The fourth-order valence-electron chi connectivity index (χ4n) is 2.71. The van der Waals surface area contributed by atoms with Gasteiger partial charge in [0.1, 0.15) is 5.82 Å². The quantitative estimate of drug-likeness (QED) is 0.498. The lowest BCUT2D eigenvalue weighted by atomic mass is 10.1. The maximum absolute atomic E-state index is 14.0. The molecule has 1 aliphatic rings. The third-order valence-corrected chi connectivity index (χ3v) is 5.29. The van der Waals surface area contributed by atoms with Crippen molar-refractivity contribution >= 4 is 40.6 Å². The summed E-state index contributed by atoms with van der Waals surface area (Å²) < 4.78 is 48.8. The molecule has 3 rings (SSSR count). The average molecular weight is 458 g/mol. The number of carbonyl (C=O) groups excluding carboxylic acids is 2. The molecule has 158 valence electrons. The molecule has 0 saturated carbocycles. The van der Waals surface area contributed by atoms with Gasteiger partial charge in [-0.1, -0.05) is 23.7 Å². The van der Waals surface area contributed by atoms with Gasteiger partial charge in [0.2, 0.25) is 0 Å². The Morgan fingerprint density at radius 1 is 1.20 bits per heavy atom. The van der Waals surface area contributed by atoms with Gasteiger partial charge in [-0.15, -0.1) is 0 Å². The fraction of sp³-hybridized carbons (Fsp3) is 0.200. The van der Waals surface area contributed by atoms with Crippen molar-refractivity contribution in [1.82, 2.24) is 4.90 Å². The lowest BCUT2D eigenvalue weighted by Gasteiger charge is -2.14. The summed E-state index contributed by atoms with van der Waals surface area (Å²) in [4.78, 5) is 25.9. The smallest absolute Gasteiger partial charge is 0.387 e. The van der Waals surface area contributed by atoms with Crippen molar-refractivity contribution in [2.45, 2.75) is 20.1 Å². The van der Waals surface area contributed by atoms with Crippen molar-refractivity contribution in [3.8, 4) is 11.5 Å². The van der Waals surface area contributed by atoms with E-state index in [0.717, 1.165) is 4.90 Å². The monoisotopic (exact) mass is 457 g/mol. The topological polar surface area (TPSA) is 55.8 Å². The normalized spacial score (nSPS) is 15.4. The first-order valence-electron chi connectivity index (χ1n) is 8.70. The van der Waals surface area contributed by atoms with Crippen LogP contribution in [-0.4, -0.2) is 29.3 Å². The van der Waals surface area contributed by atoms with Gasteiger partial charge in [-0.25, -0.2) is 4.39 Å². The van der Waals surface area contributed by atoms with Gasteiger partial charge in [0.15, 0.2) is 11.5 Å². The first-order valence-corrected chi connectivity index (χ1v) is 9.89. The Kier molecular flexibility index (Phi) is 6.94. The highest BCUT2D eigenvalue weighted by atomic mass is 35.5. The summed E-state index contributed by atoms with van der Waals surface area (Å²) in [6.45, 7) is -1.43. The number of hydrogen-bond donors (Lipinski definition) is 0. The maximum atomic E-state index is 14.0. The van der Waals surface area contributed by atoms with Crippen LogP contribution < -0.4 is 9.47 Å². The zero-order valence-electron chi connectivity index (χ0n) is 15.5. The van der Waals surface area contributed by atoms with Gasteiger partial charge >= 0.3 is 6.61 Å². The average Bonchev–Trinajstić information content (AvgIpc) is 2.93. The van der Waals surface area contributed by atoms with Crippen LogP contribution in [0.5, 0.6) is 11.5 Å². The van der Waals surface area contributed by atoms with Crippen LogP contribution >= 0.6 is 23.4 Å². The lowest BCUT2D eigenvalue weighted by Crippen LogP contribution is -2.28. The zero-order valence-corrected chi connectivity index (χ0v) is 17.1. The number of rotatable bonds is 7. The van der Waals surface area contributed by atoms with E-state index in [2.05, 4.69) is 4.74 Å². The van der Waals surface area contributed by atoms with Gasteiger partial charge in [0, 0.05) is 10.6 Å². The number of hydrogen-bond acceptors (Lipinski definition) is 5. The van der Waals surface area contributed by atoms with Crippen molar-refractivity contribution in [3.63, 3.8) is 0 Å². The van der Waals surface area contributed by atoms with Crippen LogP contribution in [0.1, 0.15) is 18.1 Å². The van der Waals surface area contributed by atoms with Crippen LogP contribution in [0.25, 0.3) is 6.08 Å². The van der Waals surface area contributed by atoms with E-state index in [9.17, 15) is 22.8 Å². The molecule has 2 aromatic rings. The molecule has 1 aliphatic heterocycles. The molecule has 2 amide bonds. The molecular weight excluding hydrogens is 443 g/mol. The van der Waals surface area contributed by atoms with Crippen molar-refractivity contribution in [2.24, 2.45) is 0 Å². The molecule has 0 spiro atoms. The minimum Gasteiger partial charge on any atom is -0.490 e. The fourth-order valence-corrected chi connectivity index (χ4v) is 3.77. The highest BCUT2D eigenvalue weighted by Gasteiger charge is 2.36. The zero-order chi connectivity index (χ0) is 21.8. The molecule has 0 bridgehead atoms. The van der Waals surface area contributed by atoms with E-state index in [0.29, 0.717) is 17.3 Å². The third-order valence-electron chi connectivity index (χ3n) is 4.03.